The highest BCUT2D eigenvalue weighted by Crippen LogP contribution is 2.21. The van der Waals surface area contributed by atoms with E-state index >= 15 is 0 Å². The largest absolute Gasteiger partial charge is 0.334 e. The Kier molecular flexibility index (Phi) is 4.88. The number of nitrogens with zero attached hydrogens (tertiary/aromatic N) is 2. The topological polar surface area (TPSA) is 58.1 Å². The van der Waals surface area contributed by atoms with Gasteiger partial charge in [-0.15, -0.1) is 0 Å². The SMILES string of the molecule is CC[C@H]1CCCCCN1C(=O)c1cc(=O)n(-c2ccc(C)cc2)[nH]1. The Morgan fingerprint density at radius 1 is 1.21 bits per heavy atom. The molecule has 1 aromatic carbocycles. The van der Waals surface area contributed by atoms with Gasteiger partial charge in [-0.25, -0.2) is 4.68 Å². The van der Waals surface area contributed by atoms with E-state index in [-0.39, 0.29) is 17.5 Å². The van der Waals surface area contributed by atoms with Crippen LogP contribution in [0.4, 0.5) is 0 Å². The molecule has 2 aromatic rings. The van der Waals surface area contributed by atoms with Crippen molar-refractivity contribution in [1.29, 1.82) is 0 Å². The molecule has 24 heavy (non-hydrogen) atoms. The number of aromatic nitrogens is 2. The van der Waals surface area contributed by atoms with E-state index in [4.69, 9.17) is 0 Å². The van der Waals surface area contributed by atoms with Gasteiger partial charge in [0.2, 0.25) is 0 Å². The molecule has 5 nitrogen and oxygen atoms in total. The zero-order chi connectivity index (χ0) is 17.1. The van der Waals surface area contributed by atoms with Gasteiger partial charge < -0.3 is 4.90 Å². The number of benzene rings is 1. The third-order valence-corrected chi connectivity index (χ3v) is 4.85. The van der Waals surface area contributed by atoms with Crippen LogP contribution < -0.4 is 5.56 Å². The van der Waals surface area contributed by atoms with E-state index < -0.39 is 0 Å². The number of hydrogen-bond donors (Lipinski definition) is 1. The summed E-state index contributed by atoms with van der Waals surface area (Å²) >= 11 is 0. The summed E-state index contributed by atoms with van der Waals surface area (Å²) in [5.41, 5.74) is 2.04. The monoisotopic (exact) mass is 327 g/mol. The molecule has 0 spiro atoms. The Bertz CT molecular complexity index is 758. The molecule has 1 N–H and O–H groups in total. The number of amides is 1. The summed E-state index contributed by atoms with van der Waals surface area (Å²) in [6.45, 7) is 4.89. The number of likely N-dealkylation sites (tertiary alicyclic amines) is 1. The molecule has 1 atom stereocenters. The first kappa shape index (κ1) is 16.6. The molecule has 1 saturated heterocycles. The van der Waals surface area contributed by atoms with E-state index in [2.05, 4.69) is 12.0 Å². The van der Waals surface area contributed by atoms with Gasteiger partial charge in [0.25, 0.3) is 11.5 Å². The molecular weight excluding hydrogens is 302 g/mol. The van der Waals surface area contributed by atoms with Gasteiger partial charge in [-0.05, 0) is 38.3 Å². The summed E-state index contributed by atoms with van der Waals surface area (Å²) in [4.78, 5) is 27.2. The fourth-order valence-electron chi connectivity index (χ4n) is 3.41. The molecule has 1 aromatic heterocycles. The van der Waals surface area contributed by atoms with Crippen molar-refractivity contribution in [3.8, 4) is 5.69 Å². The molecule has 0 aliphatic carbocycles. The zero-order valence-corrected chi connectivity index (χ0v) is 14.4. The van der Waals surface area contributed by atoms with Gasteiger partial charge in [-0.3, -0.25) is 14.7 Å². The number of rotatable bonds is 3. The van der Waals surface area contributed by atoms with Crippen LogP contribution in [-0.4, -0.2) is 33.2 Å². The molecule has 0 bridgehead atoms. The first-order valence-electron chi connectivity index (χ1n) is 8.80. The lowest BCUT2D eigenvalue weighted by Gasteiger charge is -2.28. The highest BCUT2D eigenvalue weighted by atomic mass is 16.2. The van der Waals surface area contributed by atoms with Crippen molar-refractivity contribution in [3.63, 3.8) is 0 Å². The average Bonchev–Trinajstić information content (AvgIpc) is 2.82. The minimum Gasteiger partial charge on any atom is -0.334 e. The average molecular weight is 327 g/mol. The van der Waals surface area contributed by atoms with Gasteiger partial charge in [0, 0.05) is 18.7 Å². The third kappa shape index (κ3) is 3.30. The van der Waals surface area contributed by atoms with Crippen LogP contribution in [0, 0.1) is 6.92 Å². The predicted octanol–water partition coefficient (Wildman–Crippen LogP) is 3.27. The van der Waals surface area contributed by atoms with E-state index in [0.29, 0.717) is 5.69 Å². The minimum absolute atomic E-state index is 0.0632. The molecule has 2 heterocycles. The smallest absolute Gasteiger partial charge is 0.272 e. The van der Waals surface area contributed by atoms with Crippen molar-refractivity contribution in [2.75, 3.05) is 6.54 Å². The highest BCUT2D eigenvalue weighted by molar-refractivity contribution is 5.92. The summed E-state index contributed by atoms with van der Waals surface area (Å²) in [7, 11) is 0. The molecule has 0 unspecified atom stereocenters. The van der Waals surface area contributed by atoms with E-state index in [1.165, 1.54) is 23.6 Å². The van der Waals surface area contributed by atoms with E-state index in [9.17, 15) is 9.59 Å². The van der Waals surface area contributed by atoms with Crippen LogP contribution in [0.1, 0.15) is 55.1 Å². The molecule has 3 rings (SSSR count). The number of carbonyl (C=O) groups excluding carboxylic acids is 1. The number of hydrogen-bond acceptors (Lipinski definition) is 2. The maximum Gasteiger partial charge on any atom is 0.272 e. The second kappa shape index (κ2) is 7.07. The summed E-state index contributed by atoms with van der Waals surface area (Å²) in [6, 6.07) is 9.34. The number of aryl methyl sites for hydroxylation is 1. The van der Waals surface area contributed by atoms with Gasteiger partial charge in [-0.1, -0.05) is 37.5 Å². The fraction of sp³-hybridized carbons (Fsp3) is 0.474. The Balaban J connectivity index is 1.89. The van der Waals surface area contributed by atoms with Gasteiger partial charge in [-0.2, -0.15) is 0 Å². The molecule has 1 amide bonds. The molecule has 1 fully saturated rings. The lowest BCUT2D eigenvalue weighted by molar-refractivity contribution is 0.0671. The summed E-state index contributed by atoms with van der Waals surface area (Å²) in [5.74, 6) is -0.0632. The molecule has 0 saturated carbocycles. The van der Waals surface area contributed by atoms with Gasteiger partial charge in [0.1, 0.15) is 5.69 Å². The molecule has 5 heteroatoms. The summed E-state index contributed by atoms with van der Waals surface area (Å²) < 4.78 is 1.44. The van der Waals surface area contributed by atoms with Crippen LogP contribution in [-0.2, 0) is 0 Å². The normalized spacial score (nSPS) is 18.4. The second-order valence-electron chi connectivity index (χ2n) is 6.59. The fourth-order valence-corrected chi connectivity index (χ4v) is 3.41. The minimum atomic E-state index is -0.204. The van der Waals surface area contributed by atoms with Crippen LogP contribution in [0.2, 0.25) is 0 Å². The van der Waals surface area contributed by atoms with Crippen molar-refractivity contribution in [2.24, 2.45) is 0 Å². The first-order chi connectivity index (χ1) is 11.6. The van der Waals surface area contributed by atoms with Gasteiger partial charge in [0.15, 0.2) is 0 Å². The Hall–Kier alpha value is -2.30. The predicted molar refractivity (Wildman–Crippen MR) is 94.7 cm³/mol. The van der Waals surface area contributed by atoms with Crippen molar-refractivity contribution in [1.82, 2.24) is 14.7 Å². The lowest BCUT2D eigenvalue weighted by atomic mass is 10.1. The zero-order valence-electron chi connectivity index (χ0n) is 14.4. The van der Waals surface area contributed by atoms with E-state index in [1.807, 2.05) is 36.1 Å². The van der Waals surface area contributed by atoms with E-state index in [1.54, 1.807) is 0 Å². The van der Waals surface area contributed by atoms with Gasteiger partial charge in [0.05, 0.1) is 5.69 Å². The molecule has 0 radical (unpaired) electrons. The van der Waals surface area contributed by atoms with Crippen molar-refractivity contribution >= 4 is 5.91 Å². The molecule has 1 aliphatic rings. The Labute approximate surface area is 142 Å². The van der Waals surface area contributed by atoms with Crippen LogP contribution in [0.15, 0.2) is 35.1 Å². The van der Waals surface area contributed by atoms with Crippen molar-refractivity contribution < 1.29 is 4.79 Å². The highest BCUT2D eigenvalue weighted by Gasteiger charge is 2.26. The number of carbonyl (C=O) groups is 1. The summed E-state index contributed by atoms with van der Waals surface area (Å²) in [6.07, 6.45) is 5.37. The van der Waals surface area contributed by atoms with Crippen LogP contribution in [0.25, 0.3) is 5.69 Å². The van der Waals surface area contributed by atoms with E-state index in [0.717, 1.165) is 37.1 Å². The lowest BCUT2D eigenvalue weighted by Crippen LogP contribution is -2.39. The number of nitrogens with one attached hydrogen (secondary N) is 1. The Morgan fingerprint density at radius 2 is 1.96 bits per heavy atom. The van der Waals surface area contributed by atoms with Crippen LogP contribution >= 0.6 is 0 Å². The maximum atomic E-state index is 12.9. The summed E-state index contributed by atoms with van der Waals surface area (Å²) in [5, 5.41) is 2.99. The quantitative estimate of drug-likeness (QED) is 0.940. The number of aromatic amines is 1. The van der Waals surface area contributed by atoms with Crippen molar-refractivity contribution in [2.45, 2.75) is 52.0 Å². The van der Waals surface area contributed by atoms with Crippen molar-refractivity contribution in [3.05, 3.63) is 51.9 Å². The van der Waals surface area contributed by atoms with Gasteiger partial charge >= 0.3 is 0 Å². The molecule has 1 aliphatic heterocycles. The van der Waals surface area contributed by atoms with Crippen LogP contribution in [0.3, 0.4) is 0 Å². The third-order valence-electron chi connectivity index (χ3n) is 4.85. The number of H-pyrrole nitrogens is 1. The maximum absolute atomic E-state index is 12.9. The standard InChI is InChI=1S/C19H25N3O2/c1-3-15-7-5-4-6-12-21(15)19(24)17-13-18(23)22(20-17)16-10-8-14(2)9-11-16/h8-11,13,15,20H,3-7,12H2,1-2H3/t15-/m0/s1. The van der Waals surface area contributed by atoms with Crippen LogP contribution in [0.5, 0.6) is 0 Å². The first-order valence-corrected chi connectivity index (χ1v) is 8.80. The molecule has 128 valence electrons. The Morgan fingerprint density at radius 3 is 2.67 bits per heavy atom. The second-order valence-corrected chi connectivity index (χ2v) is 6.59. The molecular formula is C19H25N3O2.